The highest BCUT2D eigenvalue weighted by molar-refractivity contribution is 6.00. The Morgan fingerprint density at radius 3 is 2.59 bits per heavy atom. The van der Waals surface area contributed by atoms with E-state index in [1.165, 1.54) is 24.4 Å². The number of carbonyl (C=O) groups is 1. The van der Waals surface area contributed by atoms with Crippen molar-refractivity contribution in [1.29, 1.82) is 0 Å². The van der Waals surface area contributed by atoms with Crippen LogP contribution in [0.3, 0.4) is 0 Å². The SMILES string of the molecule is O=C(N[C@@H](c1ccccn1)C(F)(F)F)c1nc(N2CCOCC2)n2ccccc12. The topological polar surface area (TPSA) is 71.8 Å². The molecule has 3 aromatic rings. The molecule has 4 heterocycles. The first-order valence-electron chi connectivity index (χ1n) is 9.03. The van der Waals surface area contributed by atoms with Crippen LogP contribution in [0.15, 0.2) is 48.8 Å². The van der Waals surface area contributed by atoms with Gasteiger partial charge in [-0.3, -0.25) is 14.2 Å². The van der Waals surface area contributed by atoms with Crippen LogP contribution >= 0.6 is 0 Å². The smallest absolute Gasteiger partial charge is 0.378 e. The molecule has 0 spiro atoms. The summed E-state index contributed by atoms with van der Waals surface area (Å²) in [5.74, 6) is -0.420. The molecule has 152 valence electrons. The lowest BCUT2D eigenvalue weighted by atomic mass is 10.1. The molecule has 1 aliphatic rings. The predicted molar refractivity (Wildman–Crippen MR) is 98.7 cm³/mol. The zero-order valence-corrected chi connectivity index (χ0v) is 15.3. The number of pyridine rings is 2. The van der Waals surface area contributed by atoms with Gasteiger partial charge in [-0.2, -0.15) is 13.2 Å². The highest BCUT2D eigenvalue weighted by Crippen LogP contribution is 2.32. The Morgan fingerprint density at radius 2 is 1.90 bits per heavy atom. The second-order valence-corrected chi connectivity index (χ2v) is 6.52. The molecule has 1 amide bonds. The molecule has 10 heteroatoms. The maximum absolute atomic E-state index is 13.6. The summed E-state index contributed by atoms with van der Waals surface area (Å²) in [4.78, 5) is 22.9. The normalized spacial score (nSPS) is 16.0. The molecule has 0 bridgehead atoms. The van der Waals surface area contributed by atoms with Gasteiger partial charge < -0.3 is 15.0 Å². The number of anilines is 1. The number of ether oxygens (including phenoxy) is 1. The van der Waals surface area contributed by atoms with Crippen molar-refractivity contribution >= 4 is 17.4 Å². The zero-order valence-electron chi connectivity index (χ0n) is 15.3. The van der Waals surface area contributed by atoms with E-state index < -0.39 is 18.1 Å². The van der Waals surface area contributed by atoms with E-state index in [2.05, 4.69) is 15.3 Å². The molecule has 0 aliphatic carbocycles. The molecule has 1 fully saturated rings. The fourth-order valence-electron chi connectivity index (χ4n) is 3.24. The maximum Gasteiger partial charge on any atom is 0.414 e. The number of carbonyl (C=O) groups excluding carboxylic acids is 1. The van der Waals surface area contributed by atoms with Gasteiger partial charge in [-0.05, 0) is 24.3 Å². The van der Waals surface area contributed by atoms with Gasteiger partial charge in [-0.1, -0.05) is 12.1 Å². The van der Waals surface area contributed by atoms with Crippen LogP contribution < -0.4 is 10.2 Å². The lowest BCUT2D eigenvalue weighted by Crippen LogP contribution is -2.39. The van der Waals surface area contributed by atoms with Crippen molar-refractivity contribution < 1.29 is 22.7 Å². The third kappa shape index (κ3) is 3.88. The van der Waals surface area contributed by atoms with Crippen LogP contribution in [0.25, 0.3) is 5.52 Å². The molecule has 1 aliphatic heterocycles. The van der Waals surface area contributed by atoms with Crippen molar-refractivity contribution in [3.05, 3.63) is 60.2 Å². The number of nitrogens with zero attached hydrogens (tertiary/aromatic N) is 4. The van der Waals surface area contributed by atoms with Crippen LogP contribution in [0.4, 0.5) is 19.1 Å². The minimum absolute atomic E-state index is 0.0720. The summed E-state index contributed by atoms with van der Waals surface area (Å²) in [6.07, 6.45) is -1.72. The molecule has 0 aromatic carbocycles. The Hall–Kier alpha value is -3.14. The van der Waals surface area contributed by atoms with Gasteiger partial charge in [0, 0.05) is 25.5 Å². The summed E-state index contributed by atoms with van der Waals surface area (Å²) in [5.41, 5.74) is 0.0657. The summed E-state index contributed by atoms with van der Waals surface area (Å²) in [6.45, 7) is 2.18. The van der Waals surface area contributed by atoms with Gasteiger partial charge in [0.25, 0.3) is 5.91 Å². The molecule has 0 radical (unpaired) electrons. The van der Waals surface area contributed by atoms with Gasteiger partial charge in [-0.25, -0.2) is 4.98 Å². The monoisotopic (exact) mass is 405 g/mol. The lowest BCUT2D eigenvalue weighted by molar-refractivity contribution is -0.156. The number of halogens is 3. The van der Waals surface area contributed by atoms with Crippen LogP contribution in [0.2, 0.25) is 0 Å². The highest BCUT2D eigenvalue weighted by Gasteiger charge is 2.43. The minimum Gasteiger partial charge on any atom is -0.378 e. The van der Waals surface area contributed by atoms with Crippen LogP contribution in [0.5, 0.6) is 0 Å². The Balaban J connectivity index is 1.69. The second kappa shape index (κ2) is 7.70. The number of fused-ring (bicyclic) bond motifs is 1. The van der Waals surface area contributed by atoms with Gasteiger partial charge in [0.15, 0.2) is 11.7 Å². The van der Waals surface area contributed by atoms with E-state index in [9.17, 15) is 18.0 Å². The van der Waals surface area contributed by atoms with Crippen molar-refractivity contribution in [3.8, 4) is 0 Å². The third-order valence-corrected chi connectivity index (χ3v) is 4.63. The first kappa shape index (κ1) is 19.2. The molecule has 1 atom stereocenters. The molecule has 1 saturated heterocycles. The van der Waals surface area contributed by atoms with E-state index in [0.717, 1.165) is 0 Å². The minimum atomic E-state index is -4.70. The van der Waals surface area contributed by atoms with E-state index in [1.54, 1.807) is 28.8 Å². The Bertz CT molecular complexity index is 1000. The lowest BCUT2D eigenvalue weighted by Gasteiger charge is -2.27. The van der Waals surface area contributed by atoms with Crippen molar-refractivity contribution in [2.75, 3.05) is 31.2 Å². The number of aromatic nitrogens is 3. The van der Waals surface area contributed by atoms with Crippen LogP contribution in [-0.2, 0) is 4.74 Å². The van der Waals surface area contributed by atoms with E-state index in [0.29, 0.717) is 37.8 Å². The third-order valence-electron chi connectivity index (χ3n) is 4.63. The molecule has 4 rings (SSSR count). The summed E-state index contributed by atoms with van der Waals surface area (Å²) in [7, 11) is 0. The molecular formula is C19H18F3N5O2. The summed E-state index contributed by atoms with van der Waals surface area (Å²) < 4.78 is 47.8. The van der Waals surface area contributed by atoms with Crippen molar-refractivity contribution in [2.45, 2.75) is 12.2 Å². The fourth-order valence-corrected chi connectivity index (χ4v) is 3.24. The Morgan fingerprint density at radius 1 is 1.14 bits per heavy atom. The quantitative estimate of drug-likeness (QED) is 0.723. The maximum atomic E-state index is 13.6. The Labute approximate surface area is 164 Å². The summed E-state index contributed by atoms with van der Waals surface area (Å²) in [6, 6.07) is 7.07. The van der Waals surface area contributed by atoms with Crippen molar-refractivity contribution in [3.63, 3.8) is 0 Å². The molecule has 7 nitrogen and oxygen atoms in total. The van der Waals surface area contributed by atoms with Crippen LogP contribution in [0.1, 0.15) is 22.2 Å². The number of nitrogens with one attached hydrogen (secondary N) is 1. The number of rotatable bonds is 4. The Kier molecular flexibility index (Phi) is 5.10. The van der Waals surface area contributed by atoms with E-state index in [1.807, 2.05) is 4.90 Å². The molecule has 0 unspecified atom stereocenters. The van der Waals surface area contributed by atoms with Crippen LogP contribution in [-0.4, -0.2) is 52.8 Å². The summed E-state index contributed by atoms with van der Waals surface area (Å²) in [5, 5.41) is 2.05. The van der Waals surface area contributed by atoms with Gasteiger partial charge in [0.2, 0.25) is 5.95 Å². The van der Waals surface area contributed by atoms with Crippen molar-refractivity contribution in [1.82, 2.24) is 19.7 Å². The fraction of sp³-hybridized carbons (Fsp3) is 0.316. The molecular weight excluding hydrogens is 387 g/mol. The average Bonchev–Trinajstić information content (AvgIpc) is 3.12. The number of amides is 1. The first-order valence-corrected chi connectivity index (χ1v) is 9.03. The second-order valence-electron chi connectivity index (χ2n) is 6.52. The number of hydrogen-bond acceptors (Lipinski definition) is 5. The van der Waals surface area contributed by atoms with E-state index in [4.69, 9.17) is 4.74 Å². The van der Waals surface area contributed by atoms with E-state index >= 15 is 0 Å². The number of alkyl halides is 3. The average molecular weight is 405 g/mol. The standard InChI is InChI=1S/C19H18F3N5O2/c20-19(21,22)16(13-5-1-3-7-23-13)25-17(28)15-14-6-2-4-8-27(14)18(24-15)26-9-11-29-12-10-26/h1-8,16H,9-12H2,(H,25,28)/t16-/m0/s1. The molecule has 0 saturated carbocycles. The summed E-state index contributed by atoms with van der Waals surface area (Å²) >= 11 is 0. The zero-order chi connectivity index (χ0) is 20.4. The van der Waals surface area contributed by atoms with Gasteiger partial charge in [-0.15, -0.1) is 0 Å². The largest absolute Gasteiger partial charge is 0.414 e. The highest BCUT2D eigenvalue weighted by atomic mass is 19.4. The molecule has 29 heavy (non-hydrogen) atoms. The van der Waals surface area contributed by atoms with Gasteiger partial charge >= 0.3 is 6.18 Å². The number of morpholine rings is 1. The first-order chi connectivity index (χ1) is 13.9. The predicted octanol–water partition coefficient (Wildman–Crippen LogP) is 2.60. The van der Waals surface area contributed by atoms with Crippen molar-refractivity contribution in [2.24, 2.45) is 0 Å². The van der Waals surface area contributed by atoms with Gasteiger partial charge in [0.1, 0.15) is 0 Å². The molecule has 3 aromatic heterocycles. The number of imidazole rings is 1. The van der Waals surface area contributed by atoms with Gasteiger partial charge in [0.05, 0.1) is 24.4 Å². The molecule has 1 N–H and O–H groups in total. The number of hydrogen-bond donors (Lipinski definition) is 1. The van der Waals surface area contributed by atoms with E-state index in [-0.39, 0.29) is 11.4 Å². The van der Waals surface area contributed by atoms with Crippen LogP contribution in [0, 0.1) is 0 Å².